The van der Waals surface area contributed by atoms with Gasteiger partial charge in [0.15, 0.2) is 0 Å². The number of β-amino-alcohol motifs (C(OH)–C–C–N with tert-alkyl or cyclic N) is 1. The highest BCUT2D eigenvalue weighted by molar-refractivity contribution is 5.94. The molecule has 140 valence electrons. The molecule has 0 radical (unpaired) electrons. The number of ether oxygens (including phenoxy) is 1. The van der Waals surface area contributed by atoms with Crippen LogP contribution >= 0.6 is 0 Å². The Bertz CT molecular complexity index is 758. The van der Waals surface area contributed by atoms with Crippen LogP contribution < -0.4 is 4.74 Å². The number of methoxy groups -OCH3 is 1. The van der Waals surface area contributed by atoms with Crippen molar-refractivity contribution in [2.24, 2.45) is 7.05 Å². The summed E-state index contributed by atoms with van der Waals surface area (Å²) in [6.45, 7) is 2.13. The van der Waals surface area contributed by atoms with E-state index in [9.17, 15) is 9.90 Å². The maximum atomic E-state index is 12.5. The van der Waals surface area contributed by atoms with E-state index in [1.165, 1.54) is 0 Å². The molecule has 1 atom stereocenters. The van der Waals surface area contributed by atoms with Crippen molar-refractivity contribution in [1.29, 1.82) is 0 Å². The molecule has 2 aromatic rings. The first-order valence-corrected chi connectivity index (χ1v) is 8.70. The van der Waals surface area contributed by atoms with E-state index in [4.69, 9.17) is 4.74 Å². The maximum absolute atomic E-state index is 12.5. The van der Waals surface area contributed by atoms with Gasteiger partial charge in [0.25, 0.3) is 5.91 Å². The van der Waals surface area contributed by atoms with Crippen LogP contribution in [-0.2, 0) is 13.6 Å². The zero-order valence-electron chi connectivity index (χ0n) is 15.6. The summed E-state index contributed by atoms with van der Waals surface area (Å²) < 4.78 is 6.78. The van der Waals surface area contributed by atoms with Gasteiger partial charge in [0, 0.05) is 32.9 Å². The number of benzene rings is 1. The number of carbonyl (C=O) groups excluding carboxylic acids is 1. The third-order valence-electron chi connectivity index (χ3n) is 4.75. The number of amides is 1. The van der Waals surface area contributed by atoms with E-state index >= 15 is 0 Å². The van der Waals surface area contributed by atoms with E-state index in [0.717, 1.165) is 17.9 Å². The molecule has 2 heterocycles. The Hall–Kier alpha value is -2.38. The Morgan fingerprint density at radius 1 is 1.38 bits per heavy atom. The minimum Gasteiger partial charge on any atom is -0.497 e. The maximum Gasteiger partial charge on any atom is 0.257 e. The summed E-state index contributed by atoms with van der Waals surface area (Å²) in [5.74, 6) is 0.752. The zero-order chi connectivity index (χ0) is 18.7. The van der Waals surface area contributed by atoms with Crippen molar-refractivity contribution in [2.75, 3.05) is 33.8 Å². The normalized spacial score (nSPS) is 20.0. The van der Waals surface area contributed by atoms with Crippen molar-refractivity contribution >= 4 is 5.91 Å². The van der Waals surface area contributed by atoms with E-state index in [2.05, 4.69) is 10.00 Å². The predicted octanol–water partition coefficient (Wildman–Crippen LogP) is 1.14. The number of hydrogen-bond acceptors (Lipinski definition) is 5. The predicted molar refractivity (Wildman–Crippen MR) is 98.0 cm³/mol. The number of hydrogen-bond donors (Lipinski definition) is 1. The number of likely N-dealkylation sites (N-methyl/N-ethyl adjacent to an activating group) is 1. The SMILES string of the molecule is COc1ccc(CN(C)C[C@]2(O)CCN(C(=O)c3cnn(C)c3)C2)cc1. The summed E-state index contributed by atoms with van der Waals surface area (Å²) >= 11 is 0. The molecule has 7 heteroatoms. The van der Waals surface area contributed by atoms with Crippen LogP contribution in [0.25, 0.3) is 0 Å². The molecule has 1 aromatic heterocycles. The number of likely N-dealkylation sites (tertiary alicyclic amines) is 1. The average molecular weight is 358 g/mol. The lowest BCUT2D eigenvalue weighted by Crippen LogP contribution is -2.44. The van der Waals surface area contributed by atoms with Crippen molar-refractivity contribution in [3.05, 3.63) is 47.8 Å². The summed E-state index contributed by atoms with van der Waals surface area (Å²) in [5, 5.41) is 15.0. The molecule has 1 saturated heterocycles. The highest BCUT2D eigenvalue weighted by Gasteiger charge is 2.39. The van der Waals surface area contributed by atoms with Gasteiger partial charge in [0.05, 0.1) is 31.0 Å². The van der Waals surface area contributed by atoms with Gasteiger partial charge in [-0.1, -0.05) is 12.1 Å². The topological polar surface area (TPSA) is 70.8 Å². The number of carbonyl (C=O) groups is 1. The van der Waals surface area contributed by atoms with Gasteiger partial charge in [0.1, 0.15) is 5.75 Å². The fraction of sp³-hybridized carbons (Fsp3) is 0.474. The summed E-state index contributed by atoms with van der Waals surface area (Å²) in [6, 6.07) is 7.90. The van der Waals surface area contributed by atoms with E-state index in [1.807, 2.05) is 31.3 Å². The Balaban J connectivity index is 1.56. The van der Waals surface area contributed by atoms with Crippen molar-refractivity contribution in [2.45, 2.75) is 18.6 Å². The second-order valence-corrected chi connectivity index (χ2v) is 7.12. The first-order valence-electron chi connectivity index (χ1n) is 8.70. The Kier molecular flexibility index (Phi) is 5.29. The van der Waals surface area contributed by atoms with Gasteiger partial charge >= 0.3 is 0 Å². The molecule has 0 aliphatic carbocycles. The van der Waals surface area contributed by atoms with Crippen molar-refractivity contribution in [3.63, 3.8) is 0 Å². The van der Waals surface area contributed by atoms with Crippen LogP contribution in [0.15, 0.2) is 36.7 Å². The van der Waals surface area contributed by atoms with Gasteiger partial charge in [-0.05, 0) is 31.2 Å². The Morgan fingerprint density at radius 3 is 2.73 bits per heavy atom. The number of aliphatic hydroxyl groups is 1. The first kappa shape index (κ1) is 18.4. The molecule has 1 aromatic carbocycles. The summed E-state index contributed by atoms with van der Waals surface area (Å²) in [4.78, 5) is 16.3. The quantitative estimate of drug-likeness (QED) is 0.838. The second-order valence-electron chi connectivity index (χ2n) is 7.12. The molecule has 0 saturated carbocycles. The number of nitrogens with zero attached hydrogens (tertiary/aromatic N) is 4. The minimum absolute atomic E-state index is 0.0770. The van der Waals surface area contributed by atoms with Gasteiger partial charge in [-0.3, -0.25) is 14.4 Å². The number of aryl methyl sites for hydroxylation is 1. The fourth-order valence-electron chi connectivity index (χ4n) is 3.47. The molecule has 7 nitrogen and oxygen atoms in total. The van der Waals surface area contributed by atoms with Gasteiger partial charge in [-0.25, -0.2) is 0 Å². The lowest BCUT2D eigenvalue weighted by atomic mass is 10.0. The van der Waals surface area contributed by atoms with Gasteiger partial charge in [-0.15, -0.1) is 0 Å². The third kappa shape index (κ3) is 4.23. The highest BCUT2D eigenvalue weighted by atomic mass is 16.5. The van der Waals surface area contributed by atoms with Gasteiger partial charge in [0.2, 0.25) is 0 Å². The van der Waals surface area contributed by atoms with Crippen molar-refractivity contribution in [3.8, 4) is 5.75 Å². The molecule has 26 heavy (non-hydrogen) atoms. The molecule has 0 spiro atoms. The van der Waals surface area contributed by atoms with E-state index in [1.54, 1.807) is 36.1 Å². The standard InChI is InChI=1S/C19H26N4O3/c1-21(11-15-4-6-17(26-3)7-5-15)13-19(25)8-9-23(14-19)18(24)16-10-20-22(2)12-16/h4-7,10,12,25H,8-9,11,13-14H2,1-3H3/t19-/m1/s1. The number of aromatic nitrogens is 2. The van der Waals surface area contributed by atoms with E-state index in [0.29, 0.717) is 31.6 Å². The van der Waals surface area contributed by atoms with Crippen molar-refractivity contribution < 1.29 is 14.6 Å². The molecule has 1 aliphatic rings. The minimum atomic E-state index is -0.890. The summed E-state index contributed by atoms with van der Waals surface area (Å²) in [5.41, 5.74) is 0.820. The molecule has 3 rings (SSSR count). The summed E-state index contributed by atoms with van der Waals surface area (Å²) in [7, 11) is 5.41. The van der Waals surface area contributed by atoms with Gasteiger partial charge in [-0.2, -0.15) is 5.10 Å². The van der Waals surface area contributed by atoms with Crippen LogP contribution in [0.2, 0.25) is 0 Å². The largest absolute Gasteiger partial charge is 0.497 e. The molecular formula is C19H26N4O3. The molecule has 0 bridgehead atoms. The smallest absolute Gasteiger partial charge is 0.257 e. The van der Waals surface area contributed by atoms with E-state index < -0.39 is 5.60 Å². The van der Waals surface area contributed by atoms with Crippen LogP contribution in [0.1, 0.15) is 22.3 Å². The lowest BCUT2D eigenvalue weighted by molar-refractivity contribution is 0.0163. The summed E-state index contributed by atoms with van der Waals surface area (Å²) in [6.07, 6.45) is 3.84. The van der Waals surface area contributed by atoms with Crippen molar-refractivity contribution in [1.82, 2.24) is 19.6 Å². The van der Waals surface area contributed by atoms with Gasteiger partial charge < -0.3 is 14.7 Å². The Labute approximate surface area is 153 Å². The second kappa shape index (κ2) is 7.47. The molecule has 1 N–H and O–H groups in total. The molecule has 1 amide bonds. The van der Waals surface area contributed by atoms with Crippen LogP contribution in [0.5, 0.6) is 5.75 Å². The average Bonchev–Trinajstić information content (AvgIpc) is 3.21. The lowest BCUT2D eigenvalue weighted by Gasteiger charge is -2.29. The van der Waals surface area contributed by atoms with Crippen LogP contribution in [-0.4, -0.2) is 70.0 Å². The monoisotopic (exact) mass is 358 g/mol. The van der Waals surface area contributed by atoms with Crippen LogP contribution in [0, 0.1) is 0 Å². The molecule has 0 unspecified atom stereocenters. The molecular weight excluding hydrogens is 332 g/mol. The van der Waals surface area contributed by atoms with Crippen LogP contribution in [0.3, 0.4) is 0 Å². The first-order chi connectivity index (χ1) is 12.4. The fourth-order valence-corrected chi connectivity index (χ4v) is 3.47. The molecule has 1 aliphatic heterocycles. The molecule has 1 fully saturated rings. The number of rotatable bonds is 6. The van der Waals surface area contributed by atoms with Crippen LogP contribution in [0.4, 0.5) is 0 Å². The highest BCUT2D eigenvalue weighted by Crippen LogP contribution is 2.24. The zero-order valence-corrected chi connectivity index (χ0v) is 15.6. The Morgan fingerprint density at radius 2 is 2.12 bits per heavy atom. The third-order valence-corrected chi connectivity index (χ3v) is 4.75. The van der Waals surface area contributed by atoms with E-state index in [-0.39, 0.29) is 5.91 Å².